The highest BCUT2D eigenvalue weighted by Gasteiger charge is 2.27. The molecule has 0 aliphatic heterocycles. The lowest BCUT2D eigenvalue weighted by Gasteiger charge is -2.26. The minimum Gasteiger partial charge on any atom is -0.481 e. The van der Waals surface area contributed by atoms with Gasteiger partial charge in [0, 0.05) is 19.2 Å². The fraction of sp³-hybridized carbons (Fsp3) is 0.529. The maximum absolute atomic E-state index is 11.9. The third kappa shape index (κ3) is 4.59. The molecule has 0 atom stereocenters. The van der Waals surface area contributed by atoms with Gasteiger partial charge in [-0.1, -0.05) is 12.1 Å². The maximum Gasteiger partial charge on any atom is 0.309 e. The lowest BCUT2D eigenvalue weighted by Crippen LogP contribution is -2.32. The summed E-state index contributed by atoms with van der Waals surface area (Å²) in [5, 5.41) is 9.13. The highest BCUT2D eigenvalue weighted by atomic mass is 16.4. The Labute approximate surface area is 126 Å². The van der Waals surface area contributed by atoms with Crippen LogP contribution in [-0.4, -0.2) is 23.5 Å². The lowest BCUT2D eigenvalue weighted by molar-refractivity contribution is -0.147. The second-order valence-corrected chi connectivity index (χ2v) is 6.25. The summed E-state index contributed by atoms with van der Waals surface area (Å²) in [7, 11) is 0. The number of hydrogen-bond donors (Lipinski definition) is 1. The topological polar surface area (TPSA) is 57.6 Å². The summed E-state index contributed by atoms with van der Waals surface area (Å²) in [4.78, 5) is 24.8. The van der Waals surface area contributed by atoms with Gasteiger partial charge in [0.25, 0.3) is 0 Å². The average Bonchev–Trinajstić information content (AvgIpc) is 2.37. The molecule has 1 N–H and O–H groups in total. The van der Waals surface area contributed by atoms with Crippen molar-refractivity contribution in [3.63, 3.8) is 0 Å². The molecule has 4 heteroatoms. The molecule has 0 bridgehead atoms. The smallest absolute Gasteiger partial charge is 0.309 e. The first-order chi connectivity index (χ1) is 9.65. The molecule has 1 aromatic rings. The summed E-state index contributed by atoms with van der Waals surface area (Å²) in [6, 6.07) is 6.02. The molecular weight excluding hydrogens is 266 g/mol. The number of rotatable bonds is 6. The molecule has 0 aliphatic rings. The van der Waals surface area contributed by atoms with E-state index in [4.69, 9.17) is 5.11 Å². The van der Waals surface area contributed by atoms with Crippen LogP contribution in [0.15, 0.2) is 18.2 Å². The Hall–Kier alpha value is -1.84. The van der Waals surface area contributed by atoms with Gasteiger partial charge in [-0.15, -0.1) is 0 Å². The van der Waals surface area contributed by atoms with E-state index < -0.39 is 11.4 Å². The molecule has 0 fully saturated rings. The zero-order chi connectivity index (χ0) is 16.2. The lowest BCUT2D eigenvalue weighted by atomic mass is 9.88. The van der Waals surface area contributed by atoms with Crippen LogP contribution in [0.5, 0.6) is 0 Å². The molecule has 1 rings (SSSR count). The van der Waals surface area contributed by atoms with Crippen molar-refractivity contribution in [3.8, 4) is 0 Å². The van der Waals surface area contributed by atoms with Crippen molar-refractivity contribution in [2.75, 3.05) is 11.4 Å². The van der Waals surface area contributed by atoms with Crippen LogP contribution in [0.25, 0.3) is 0 Å². The first-order valence-corrected chi connectivity index (χ1v) is 7.24. The molecular formula is C17H25NO3. The Kier molecular flexibility index (Phi) is 5.53. The van der Waals surface area contributed by atoms with Crippen LogP contribution in [0.4, 0.5) is 5.69 Å². The van der Waals surface area contributed by atoms with Crippen molar-refractivity contribution >= 4 is 17.6 Å². The Morgan fingerprint density at radius 1 is 1.24 bits per heavy atom. The van der Waals surface area contributed by atoms with Gasteiger partial charge in [0.05, 0.1) is 5.41 Å². The predicted molar refractivity (Wildman–Crippen MR) is 84.6 cm³/mol. The van der Waals surface area contributed by atoms with Gasteiger partial charge in [0.2, 0.25) is 5.91 Å². The summed E-state index contributed by atoms with van der Waals surface area (Å²) < 4.78 is 0. The minimum absolute atomic E-state index is 0.0168. The fourth-order valence-electron chi connectivity index (χ4n) is 2.24. The van der Waals surface area contributed by atoms with Crippen LogP contribution in [0.2, 0.25) is 0 Å². The Bertz CT molecular complexity index is 535. The summed E-state index contributed by atoms with van der Waals surface area (Å²) in [5.41, 5.74) is 2.31. The van der Waals surface area contributed by atoms with Crippen molar-refractivity contribution in [1.29, 1.82) is 0 Å². The third-order valence-corrected chi connectivity index (χ3v) is 3.80. The average molecular weight is 291 g/mol. The van der Waals surface area contributed by atoms with E-state index in [0.717, 1.165) is 16.8 Å². The molecule has 21 heavy (non-hydrogen) atoms. The normalized spacial score (nSPS) is 11.3. The number of carbonyl (C=O) groups is 2. The van der Waals surface area contributed by atoms with E-state index in [-0.39, 0.29) is 5.91 Å². The van der Waals surface area contributed by atoms with E-state index >= 15 is 0 Å². The number of carboxylic acids is 1. The zero-order valence-corrected chi connectivity index (χ0v) is 13.6. The number of hydrogen-bond acceptors (Lipinski definition) is 2. The van der Waals surface area contributed by atoms with Gasteiger partial charge in [-0.25, -0.2) is 0 Å². The second-order valence-electron chi connectivity index (χ2n) is 6.25. The zero-order valence-electron chi connectivity index (χ0n) is 13.6. The maximum atomic E-state index is 11.9. The molecule has 0 saturated heterocycles. The van der Waals surface area contributed by atoms with Crippen molar-refractivity contribution in [3.05, 3.63) is 29.3 Å². The monoisotopic (exact) mass is 291 g/mol. The van der Waals surface area contributed by atoms with Crippen molar-refractivity contribution in [1.82, 2.24) is 0 Å². The second kappa shape index (κ2) is 6.74. The van der Waals surface area contributed by atoms with Gasteiger partial charge in [-0.05, 0) is 57.7 Å². The molecule has 0 unspecified atom stereocenters. The van der Waals surface area contributed by atoms with Crippen molar-refractivity contribution in [2.24, 2.45) is 5.41 Å². The summed E-state index contributed by atoms with van der Waals surface area (Å²) in [6.07, 6.45) is 1.20. The summed E-state index contributed by atoms with van der Waals surface area (Å²) in [5.74, 6) is -0.819. The Morgan fingerprint density at radius 3 is 2.38 bits per heavy atom. The van der Waals surface area contributed by atoms with Gasteiger partial charge in [-0.2, -0.15) is 0 Å². The molecule has 116 valence electrons. The van der Waals surface area contributed by atoms with E-state index in [1.807, 2.05) is 32.0 Å². The number of aliphatic carboxylic acids is 1. The number of carbonyl (C=O) groups excluding carboxylic acids is 1. The van der Waals surface area contributed by atoms with Crippen molar-refractivity contribution < 1.29 is 14.7 Å². The molecule has 1 amide bonds. The fourth-order valence-corrected chi connectivity index (χ4v) is 2.24. The Balaban J connectivity index is 2.83. The third-order valence-electron chi connectivity index (χ3n) is 3.80. The minimum atomic E-state index is -0.802. The highest BCUT2D eigenvalue weighted by Crippen LogP contribution is 2.25. The molecule has 1 aromatic carbocycles. The predicted octanol–water partition coefficient (Wildman–Crippen LogP) is 3.55. The number of aryl methyl sites for hydroxylation is 2. The Morgan fingerprint density at radius 2 is 1.86 bits per heavy atom. The van der Waals surface area contributed by atoms with Crippen LogP contribution in [0, 0.1) is 19.3 Å². The van der Waals surface area contributed by atoms with E-state index in [0.29, 0.717) is 19.4 Å². The molecule has 0 aromatic heterocycles. The molecule has 0 saturated carbocycles. The van der Waals surface area contributed by atoms with Gasteiger partial charge in [0.1, 0.15) is 0 Å². The summed E-state index contributed by atoms with van der Waals surface area (Å²) in [6.45, 7) is 9.48. The SMILES string of the molecule is CC(=O)N(CCCC(C)(C)C(=O)O)c1cc(C)ccc1C. The van der Waals surface area contributed by atoms with Crippen LogP contribution in [0.3, 0.4) is 0 Å². The van der Waals surface area contributed by atoms with Gasteiger partial charge in [-0.3, -0.25) is 9.59 Å². The van der Waals surface area contributed by atoms with Crippen LogP contribution >= 0.6 is 0 Å². The molecule has 4 nitrogen and oxygen atoms in total. The van der Waals surface area contributed by atoms with Crippen LogP contribution in [-0.2, 0) is 9.59 Å². The first kappa shape index (κ1) is 17.2. The van der Waals surface area contributed by atoms with Gasteiger partial charge >= 0.3 is 5.97 Å². The van der Waals surface area contributed by atoms with E-state index in [1.54, 1.807) is 25.7 Å². The number of anilines is 1. The van der Waals surface area contributed by atoms with Crippen LogP contribution in [0.1, 0.15) is 44.7 Å². The quantitative estimate of drug-likeness (QED) is 0.872. The number of amides is 1. The van der Waals surface area contributed by atoms with Gasteiger partial charge < -0.3 is 10.0 Å². The number of nitrogens with zero attached hydrogens (tertiary/aromatic N) is 1. The molecule has 0 heterocycles. The standard InChI is InChI=1S/C17H25NO3/c1-12-7-8-13(2)15(11-12)18(14(3)19)10-6-9-17(4,5)16(20)21/h7-8,11H,6,9-10H2,1-5H3,(H,20,21). The van der Waals surface area contributed by atoms with E-state index in [1.165, 1.54) is 0 Å². The molecule has 0 radical (unpaired) electrons. The van der Waals surface area contributed by atoms with Gasteiger partial charge in [0.15, 0.2) is 0 Å². The highest BCUT2D eigenvalue weighted by molar-refractivity contribution is 5.92. The number of carboxylic acid groups (broad SMARTS) is 1. The largest absolute Gasteiger partial charge is 0.481 e. The van der Waals surface area contributed by atoms with E-state index in [9.17, 15) is 9.59 Å². The number of benzene rings is 1. The molecule has 0 aliphatic carbocycles. The van der Waals surface area contributed by atoms with Crippen LogP contribution < -0.4 is 4.90 Å². The van der Waals surface area contributed by atoms with E-state index in [2.05, 4.69) is 0 Å². The van der Waals surface area contributed by atoms with Crippen molar-refractivity contribution in [2.45, 2.75) is 47.5 Å². The summed E-state index contributed by atoms with van der Waals surface area (Å²) >= 11 is 0. The first-order valence-electron chi connectivity index (χ1n) is 7.24. The molecule has 0 spiro atoms.